The van der Waals surface area contributed by atoms with Gasteiger partial charge in [0.25, 0.3) is 0 Å². The van der Waals surface area contributed by atoms with Crippen LogP contribution in [0.2, 0.25) is 0 Å². The molecular weight excluding hydrogens is 307 g/mol. The molecule has 0 radical (unpaired) electrons. The number of piperidine rings is 1. The van der Waals surface area contributed by atoms with Crippen LogP contribution < -0.4 is 15.4 Å². The number of halogens is 1. The third kappa shape index (κ3) is 3.57. The Bertz CT molecular complexity index is 720. The monoisotopic (exact) mass is 328 g/mol. The number of hydrogen-bond acceptors (Lipinski definition) is 3. The van der Waals surface area contributed by atoms with Gasteiger partial charge in [-0.3, -0.25) is 4.79 Å². The fraction of sp³-hybridized carbons (Fsp3) is 0.316. The lowest BCUT2D eigenvalue weighted by atomic mass is 9.91. The van der Waals surface area contributed by atoms with Crippen molar-refractivity contribution in [3.63, 3.8) is 0 Å². The summed E-state index contributed by atoms with van der Waals surface area (Å²) in [6.07, 6.45) is 1.11. The van der Waals surface area contributed by atoms with Gasteiger partial charge in [-0.05, 0) is 18.6 Å². The molecule has 24 heavy (non-hydrogen) atoms. The zero-order chi connectivity index (χ0) is 16.9. The quantitative estimate of drug-likeness (QED) is 0.887. The van der Waals surface area contributed by atoms with E-state index in [1.807, 2.05) is 24.3 Å². The SMILES string of the molecule is COc1ccccc1CN[C@@H]1CCC(=O)N[C@H]1c1ccccc1F. The lowest BCUT2D eigenvalue weighted by Gasteiger charge is -2.33. The van der Waals surface area contributed by atoms with E-state index in [1.54, 1.807) is 25.3 Å². The standard InChI is InChI=1S/C19H21FN2O2/c1-24-17-9-5-2-6-13(17)12-21-16-10-11-18(23)22-19(16)14-7-3-4-8-15(14)20/h2-9,16,19,21H,10-12H2,1H3,(H,22,23)/t16-,19+/m1/s1. The van der Waals surface area contributed by atoms with Gasteiger partial charge >= 0.3 is 0 Å². The zero-order valence-corrected chi connectivity index (χ0v) is 13.6. The Morgan fingerprint density at radius 2 is 1.96 bits per heavy atom. The number of carbonyl (C=O) groups excluding carboxylic acids is 1. The second-order valence-corrected chi connectivity index (χ2v) is 5.90. The van der Waals surface area contributed by atoms with Crippen molar-refractivity contribution in [2.75, 3.05) is 7.11 Å². The molecule has 1 aliphatic heterocycles. The maximum atomic E-state index is 14.2. The highest BCUT2D eigenvalue weighted by molar-refractivity contribution is 5.77. The number of ether oxygens (including phenoxy) is 1. The van der Waals surface area contributed by atoms with Gasteiger partial charge in [-0.2, -0.15) is 0 Å². The molecule has 1 heterocycles. The first kappa shape index (κ1) is 16.5. The summed E-state index contributed by atoms with van der Waals surface area (Å²) in [6, 6.07) is 14.0. The van der Waals surface area contributed by atoms with Crippen LogP contribution in [-0.4, -0.2) is 19.1 Å². The third-order valence-electron chi connectivity index (χ3n) is 4.39. The third-order valence-corrected chi connectivity index (χ3v) is 4.39. The average Bonchev–Trinajstić information content (AvgIpc) is 2.61. The van der Waals surface area contributed by atoms with Crippen molar-refractivity contribution >= 4 is 5.91 Å². The fourth-order valence-electron chi connectivity index (χ4n) is 3.13. The Morgan fingerprint density at radius 1 is 1.21 bits per heavy atom. The molecule has 1 fully saturated rings. The molecule has 2 aromatic carbocycles. The zero-order valence-electron chi connectivity index (χ0n) is 13.6. The van der Waals surface area contributed by atoms with Gasteiger partial charge < -0.3 is 15.4 Å². The molecule has 0 bridgehead atoms. The fourth-order valence-corrected chi connectivity index (χ4v) is 3.13. The van der Waals surface area contributed by atoms with Gasteiger partial charge in [0.15, 0.2) is 0 Å². The molecule has 3 rings (SSSR count). The van der Waals surface area contributed by atoms with Crippen molar-refractivity contribution in [2.45, 2.75) is 31.5 Å². The van der Waals surface area contributed by atoms with Crippen molar-refractivity contribution in [3.8, 4) is 5.75 Å². The van der Waals surface area contributed by atoms with Gasteiger partial charge in [-0.1, -0.05) is 36.4 Å². The van der Waals surface area contributed by atoms with Crippen LogP contribution in [0.4, 0.5) is 4.39 Å². The second-order valence-electron chi connectivity index (χ2n) is 5.90. The lowest BCUT2D eigenvalue weighted by Crippen LogP contribution is -2.48. The summed E-state index contributed by atoms with van der Waals surface area (Å²) < 4.78 is 19.5. The molecule has 0 aliphatic carbocycles. The number of benzene rings is 2. The molecule has 1 aliphatic rings. The minimum atomic E-state index is -0.373. The van der Waals surface area contributed by atoms with Crippen molar-refractivity contribution in [2.24, 2.45) is 0 Å². The molecule has 1 saturated heterocycles. The predicted octanol–water partition coefficient (Wildman–Crippen LogP) is 2.94. The van der Waals surface area contributed by atoms with E-state index in [0.29, 0.717) is 24.9 Å². The summed E-state index contributed by atoms with van der Waals surface area (Å²) in [5.41, 5.74) is 1.55. The molecule has 2 aromatic rings. The molecule has 0 saturated carbocycles. The first-order chi connectivity index (χ1) is 11.7. The van der Waals surface area contributed by atoms with Gasteiger partial charge in [0.2, 0.25) is 5.91 Å². The summed E-state index contributed by atoms with van der Waals surface area (Å²) >= 11 is 0. The van der Waals surface area contributed by atoms with Crippen LogP contribution in [0.15, 0.2) is 48.5 Å². The Labute approximate surface area is 141 Å². The van der Waals surface area contributed by atoms with Crippen LogP contribution >= 0.6 is 0 Å². The molecule has 4 nitrogen and oxygen atoms in total. The molecule has 126 valence electrons. The van der Waals surface area contributed by atoms with Crippen LogP contribution in [0.25, 0.3) is 0 Å². The van der Waals surface area contributed by atoms with Gasteiger partial charge in [-0.25, -0.2) is 4.39 Å². The van der Waals surface area contributed by atoms with Gasteiger partial charge in [0, 0.05) is 30.1 Å². The summed E-state index contributed by atoms with van der Waals surface area (Å²) in [4.78, 5) is 11.8. The van der Waals surface area contributed by atoms with Gasteiger partial charge in [0.1, 0.15) is 11.6 Å². The normalized spacial score (nSPS) is 20.5. The topological polar surface area (TPSA) is 50.4 Å². The molecule has 5 heteroatoms. The van der Waals surface area contributed by atoms with Crippen molar-refractivity contribution in [1.29, 1.82) is 0 Å². The number of hydrogen-bond donors (Lipinski definition) is 2. The van der Waals surface area contributed by atoms with Gasteiger partial charge in [0.05, 0.1) is 13.2 Å². The van der Waals surface area contributed by atoms with E-state index in [1.165, 1.54) is 6.07 Å². The molecule has 0 aromatic heterocycles. The number of nitrogens with one attached hydrogen (secondary N) is 2. The van der Waals surface area contributed by atoms with E-state index < -0.39 is 0 Å². The summed E-state index contributed by atoms with van der Waals surface area (Å²) in [7, 11) is 1.64. The van der Waals surface area contributed by atoms with Crippen LogP contribution in [0.1, 0.15) is 30.0 Å². The smallest absolute Gasteiger partial charge is 0.220 e. The second kappa shape index (κ2) is 7.45. The van der Waals surface area contributed by atoms with E-state index in [9.17, 15) is 9.18 Å². The average molecular weight is 328 g/mol. The minimum Gasteiger partial charge on any atom is -0.496 e. The molecule has 0 unspecified atom stereocenters. The van der Waals surface area contributed by atoms with E-state index in [4.69, 9.17) is 4.74 Å². The number of methoxy groups -OCH3 is 1. The van der Waals surface area contributed by atoms with Crippen molar-refractivity contribution < 1.29 is 13.9 Å². The first-order valence-corrected chi connectivity index (χ1v) is 8.08. The summed E-state index contributed by atoms with van der Waals surface area (Å²) in [5, 5.41) is 6.36. The molecular formula is C19H21FN2O2. The number of rotatable bonds is 5. The Kier molecular flexibility index (Phi) is 5.11. The molecule has 2 N–H and O–H groups in total. The van der Waals surface area contributed by atoms with E-state index in [-0.39, 0.29) is 23.8 Å². The summed E-state index contributed by atoms with van der Waals surface area (Å²) in [5.74, 6) is 0.472. The van der Waals surface area contributed by atoms with Crippen LogP contribution in [0.3, 0.4) is 0 Å². The van der Waals surface area contributed by atoms with Crippen molar-refractivity contribution in [1.82, 2.24) is 10.6 Å². The molecule has 2 atom stereocenters. The Hall–Kier alpha value is -2.40. The highest BCUT2D eigenvalue weighted by Gasteiger charge is 2.31. The van der Waals surface area contributed by atoms with Gasteiger partial charge in [-0.15, -0.1) is 0 Å². The first-order valence-electron chi connectivity index (χ1n) is 8.08. The summed E-state index contributed by atoms with van der Waals surface area (Å²) in [6.45, 7) is 0.593. The maximum Gasteiger partial charge on any atom is 0.220 e. The molecule has 1 amide bonds. The van der Waals surface area contributed by atoms with Crippen LogP contribution in [0.5, 0.6) is 5.75 Å². The van der Waals surface area contributed by atoms with E-state index in [0.717, 1.165) is 11.3 Å². The minimum absolute atomic E-state index is 0.0375. The van der Waals surface area contributed by atoms with Crippen LogP contribution in [0, 0.1) is 5.82 Å². The van der Waals surface area contributed by atoms with Crippen LogP contribution in [-0.2, 0) is 11.3 Å². The maximum absolute atomic E-state index is 14.2. The highest BCUT2D eigenvalue weighted by atomic mass is 19.1. The number of carbonyl (C=O) groups is 1. The number of para-hydroxylation sites is 1. The van der Waals surface area contributed by atoms with E-state index in [2.05, 4.69) is 10.6 Å². The predicted molar refractivity (Wildman–Crippen MR) is 90.1 cm³/mol. The largest absolute Gasteiger partial charge is 0.496 e. The Balaban J connectivity index is 1.77. The highest BCUT2D eigenvalue weighted by Crippen LogP contribution is 2.27. The van der Waals surface area contributed by atoms with Crippen molar-refractivity contribution in [3.05, 3.63) is 65.5 Å². The molecule has 0 spiro atoms. The number of amides is 1. The van der Waals surface area contributed by atoms with E-state index >= 15 is 0 Å². The Morgan fingerprint density at radius 3 is 2.75 bits per heavy atom. The lowest BCUT2D eigenvalue weighted by molar-refractivity contribution is -0.123.